The maximum Gasteiger partial charge on any atom is 0.312 e. The molecule has 2 saturated heterocycles. The van der Waals surface area contributed by atoms with Gasteiger partial charge in [0.1, 0.15) is 6.04 Å². The number of amides is 5. The Morgan fingerprint density at radius 3 is 2.57 bits per heavy atom. The van der Waals surface area contributed by atoms with Crippen LogP contribution in [0.3, 0.4) is 0 Å². The van der Waals surface area contributed by atoms with Gasteiger partial charge < -0.3 is 26.6 Å². The Kier molecular flexibility index (Phi) is 8.07. The molecule has 0 bridgehead atoms. The zero-order valence-corrected chi connectivity index (χ0v) is 16.8. The summed E-state index contributed by atoms with van der Waals surface area (Å²) < 4.78 is 0. The van der Waals surface area contributed by atoms with E-state index in [4.69, 9.17) is 5.73 Å². The molecule has 9 heteroatoms. The summed E-state index contributed by atoms with van der Waals surface area (Å²) >= 11 is 0. The first-order chi connectivity index (χ1) is 13.3. The second kappa shape index (κ2) is 10.3. The van der Waals surface area contributed by atoms with Gasteiger partial charge in [-0.1, -0.05) is 13.8 Å². The van der Waals surface area contributed by atoms with Crippen molar-refractivity contribution in [2.75, 3.05) is 13.1 Å². The van der Waals surface area contributed by atoms with Gasteiger partial charge in [-0.15, -0.1) is 0 Å². The first-order valence-electron chi connectivity index (χ1n) is 10.2. The van der Waals surface area contributed by atoms with Crippen LogP contribution >= 0.6 is 0 Å². The van der Waals surface area contributed by atoms with Crippen molar-refractivity contribution < 1.29 is 19.2 Å². The van der Waals surface area contributed by atoms with E-state index in [0.29, 0.717) is 32.4 Å². The third-order valence-electron chi connectivity index (χ3n) is 5.42. The minimum absolute atomic E-state index is 0.0203. The lowest BCUT2D eigenvalue weighted by atomic mass is 10.0. The van der Waals surface area contributed by atoms with Crippen LogP contribution in [0.2, 0.25) is 0 Å². The Morgan fingerprint density at radius 2 is 1.93 bits per heavy atom. The third-order valence-corrected chi connectivity index (χ3v) is 5.42. The molecule has 0 aromatic heterocycles. The van der Waals surface area contributed by atoms with E-state index in [1.807, 2.05) is 18.7 Å². The lowest BCUT2D eigenvalue weighted by Gasteiger charge is -2.27. The molecule has 0 aliphatic carbocycles. The Labute approximate surface area is 166 Å². The number of hydrogen-bond acceptors (Lipinski definition) is 4. The summed E-state index contributed by atoms with van der Waals surface area (Å²) in [6, 6.07) is -1.51. The fourth-order valence-electron chi connectivity index (χ4n) is 3.84. The molecule has 2 fully saturated rings. The van der Waals surface area contributed by atoms with Crippen LogP contribution < -0.4 is 21.7 Å². The molecule has 0 aromatic carbocycles. The topological polar surface area (TPSA) is 134 Å². The number of nitrogens with one attached hydrogen (secondary N) is 3. The van der Waals surface area contributed by atoms with E-state index < -0.39 is 12.1 Å². The second-order valence-electron chi connectivity index (χ2n) is 8.11. The van der Waals surface area contributed by atoms with E-state index in [2.05, 4.69) is 16.0 Å². The minimum Gasteiger partial charge on any atom is -0.353 e. The molecule has 158 valence electrons. The van der Waals surface area contributed by atoms with E-state index >= 15 is 0 Å². The van der Waals surface area contributed by atoms with Gasteiger partial charge in [-0.3, -0.25) is 14.4 Å². The van der Waals surface area contributed by atoms with Crippen molar-refractivity contribution in [1.82, 2.24) is 20.9 Å². The van der Waals surface area contributed by atoms with Gasteiger partial charge in [0.15, 0.2) is 0 Å². The molecule has 2 aliphatic heterocycles. The van der Waals surface area contributed by atoms with Crippen molar-refractivity contribution in [1.29, 1.82) is 0 Å². The molecule has 2 aliphatic rings. The maximum absolute atomic E-state index is 12.6. The number of nitrogens with zero attached hydrogens (tertiary/aromatic N) is 1. The quantitative estimate of drug-likeness (QED) is 0.512. The Morgan fingerprint density at radius 1 is 1.18 bits per heavy atom. The lowest BCUT2D eigenvalue weighted by molar-refractivity contribution is -0.132. The summed E-state index contributed by atoms with van der Waals surface area (Å²) in [7, 11) is 0. The highest BCUT2D eigenvalue weighted by atomic mass is 16.2. The largest absolute Gasteiger partial charge is 0.353 e. The highest BCUT2D eigenvalue weighted by Gasteiger charge is 2.28. The van der Waals surface area contributed by atoms with Gasteiger partial charge in [-0.25, -0.2) is 4.79 Å². The van der Waals surface area contributed by atoms with E-state index in [1.54, 1.807) is 0 Å². The van der Waals surface area contributed by atoms with Crippen molar-refractivity contribution in [3.05, 3.63) is 0 Å². The molecule has 2 rings (SSSR count). The van der Waals surface area contributed by atoms with E-state index in [1.165, 1.54) is 0 Å². The first kappa shape index (κ1) is 22.0. The molecule has 28 heavy (non-hydrogen) atoms. The SMILES string of the molecule is CC(C)[C@@H](NC(N)=O)C(=O)NC1CCCN(C(=O)CC2CCCC(=O)N2)CC1. The highest BCUT2D eigenvalue weighted by Crippen LogP contribution is 2.16. The van der Waals surface area contributed by atoms with Gasteiger partial charge in [-0.05, 0) is 38.0 Å². The fraction of sp³-hybridized carbons (Fsp3) is 0.789. The summed E-state index contributed by atoms with van der Waals surface area (Å²) in [5.41, 5.74) is 5.16. The van der Waals surface area contributed by atoms with Gasteiger partial charge in [0.25, 0.3) is 0 Å². The summed E-state index contributed by atoms with van der Waals surface area (Å²) in [6.45, 7) is 4.91. The molecule has 5 amide bonds. The van der Waals surface area contributed by atoms with Crippen LogP contribution in [0.25, 0.3) is 0 Å². The molecule has 0 saturated carbocycles. The number of nitrogens with two attached hydrogens (primary N) is 1. The fourth-order valence-corrected chi connectivity index (χ4v) is 3.84. The number of primary amides is 1. The number of rotatable bonds is 6. The van der Waals surface area contributed by atoms with Crippen molar-refractivity contribution >= 4 is 23.8 Å². The van der Waals surface area contributed by atoms with E-state index in [0.717, 1.165) is 25.7 Å². The van der Waals surface area contributed by atoms with Crippen LogP contribution in [0.15, 0.2) is 0 Å². The predicted molar refractivity (Wildman–Crippen MR) is 104 cm³/mol. The highest BCUT2D eigenvalue weighted by molar-refractivity contribution is 5.87. The lowest BCUT2D eigenvalue weighted by Crippen LogP contribution is -2.53. The number of carbonyl (C=O) groups is 4. The van der Waals surface area contributed by atoms with Crippen LogP contribution in [0.1, 0.15) is 58.8 Å². The zero-order valence-electron chi connectivity index (χ0n) is 16.8. The monoisotopic (exact) mass is 395 g/mol. The molecule has 0 aromatic rings. The molecule has 9 nitrogen and oxygen atoms in total. The Bertz CT molecular complexity index is 595. The normalized spacial score (nSPS) is 24.1. The average molecular weight is 396 g/mol. The van der Waals surface area contributed by atoms with Crippen LogP contribution in [0.5, 0.6) is 0 Å². The molecule has 0 spiro atoms. The number of likely N-dealkylation sites (tertiary alicyclic amines) is 1. The van der Waals surface area contributed by atoms with Crippen molar-refractivity contribution in [3.63, 3.8) is 0 Å². The maximum atomic E-state index is 12.6. The number of hydrogen-bond donors (Lipinski definition) is 4. The average Bonchev–Trinajstić information content (AvgIpc) is 2.85. The summed E-state index contributed by atoms with van der Waals surface area (Å²) in [5.74, 6) is -0.257. The van der Waals surface area contributed by atoms with Gasteiger partial charge in [0.05, 0.1) is 0 Å². The Hall–Kier alpha value is -2.32. The van der Waals surface area contributed by atoms with Crippen LogP contribution in [-0.2, 0) is 14.4 Å². The summed E-state index contributed by atoms with van der Waals surface area (Å²) in [5, 5.41) is 8.36. The van der Waals surface area contributed by atoms with Gasteiger partial charge in [0.2, 0.25) is 17.7 Å². The predicted octanol–water partition coefficient (Wildman–Crippen LogP) is 0.235. The second-order valence-corrected chi connectivity index (χ2v) is 8.11. The molecule has 2 heterocycles. The first-order valence-corrected chi connectivity index (χ1v) is 10.2. The van der Waals surface area contributed by atoms with E-state index in [-0.39, 0.29) is 35.7 Å². The summed E-state index contributed by atoms with van der Waals surface area (Å²) in [4.78, 5) is 49.6. The molecular weight excluding hydrogens is 362 g/mol. The minimum atomic E-state index is -0.721. The third kappa shape index (κ3) is 6.69. The van der Waals surface area contributed by atoms with Crippen molar-refractivity contribution in [2.24, 2.45) is 11.7 Å². The number of urea groups is 1. The van der Waals surface area contributed by atoms with Crippen LogP contribution in [0.4, 0.5) is 4.79 Å². The van der Waals surface area contributed by atoms with Gasteiger partial charge >= 0.3 is 6.03 Å². The van der Waals surface area contributed by atoms with Crippen molar-refractivity contribution in [3.8, 4) is 0 Å². The smallest absolute Gasteiger partial charge is 0.312 e. The molecule has 5 N–H and O–H groups in total. The molecular formula is C19H33N5O4. The Balaban J connectivity index is 1.83. The summed E-state index contributed by atoms with van der Waals surface area (Å²) in [6.07, 6.45) is 4.77. The molecule has 0 radical (unpaired) electrons. The van der Waals surface area contributed by atoms with Crippen LogP contribution in [0, 0.1) is 5.92 Å². The standard InChI is InChI=1S/C19H33N5O4/c1-12(2)17(23-19(20)28)18(27)22-13-6-4-9-24(10-8-13)16(26)11-14-5-3-7-15(25)21-14/h12-14,17H,3-11H2,1-2H3,(H,21,25)(H,22,27)(H3,20,23,28)/t13?,14?,17-/m1/s1. The van der Waals surface area contributed by atoms with Gasteiger partial charge in [0, 0.05) is 38.0 Å². The zero-order chi connectivity index (χ0) is 20.7. The van der Waals surface area contributed by atoms with E-state index in [9.17, 15) is 19.2 Å². The number of piperidine rings is 1. The molecule has 2 unspecified atom stereocenters. The molecule has 3 atom stereocenters. The number of carbonyl (C=O) groups excluding carboxylic acids is 4. The van der Waals surface area contributed by atoms with Crippen LogP contribution in [-0.4, -0.2) is 59.9 Å². The van der Waals surface area contributed by atoms with Crippen molar-refractivity contribution in [2.45, 2.75) is 76.9 Å². The van der Waals surface area contributed by atoms with Gasteiger partial charge in [-0.2, -0.15) is 0 Å².